The van der Waals surface area contributed by atoms with Crippen molar-refractivity contribution in [1.82, 2.24) is 5.32 Å². The molecule has 1 aliphatic heterocycles. The van der Waals surface area contributed by atoms with Crippen LogP contribution in [0.25, 0.3) is 0 Å². The van der Waals surface area contributed by atoms with Gasteiger partial charge in [-0.1, -0.05) is 49.4 Å². The van der Waals surface area contributed by atoms with Crippen LogP contribution < -0.4 is 20.7 Å². The fourth-order valence-corrected chi connectivity index (χ4v) is 3.64. The molecule has 3 atom stereocenters. The summed E-state index contributed by atoms with van der Waals surface area (Å²) in [6, 6.07) is 17.6. The Labute approximate surface area is 185 Å². The number of amides is 1. The molecule has 3 unspecified atom stereocenters. The van der Waals surface area contributed by atoms with Crippen molar-refractivity contribution < 1.29 is 9.53 Å². The maximum atomic E-state index is 12.5. The first-order chi connectivity index (χ1) is 13.1. The van der Waals surface area contributed by atoms with Crippen molar-refractivity contribution in [1.29, 1.82) is 0 Å². The summed E-state index contributed by atoms with van der Waals surface area (Å²) in [5.74, 6) is 1.07. The van der Waals surface area contributed by atoms with Crippen molar-refractivity contribution in [3.05, 3.63) is 60.2 Å². The highest BCUT2D eigenvalue weighted by molar-refractivity contribution is 5.85. The first kappa shape index (κ1) is 25.1. The van der Waals surface area contributed by atoms with Gasteiger partial charge in [0.1, 0.15) is 5.75 Å². The normalized spacial score (nSPS) is 17.5. The number of nitrogens with zero attached hydrogens (tertiary/aromatic N) is 1. The summed E-state index contributed by atoms with van der Waals surface area (Å²) in [5.41, 5.74) is 8.38. The maximum Gasteiger partial charge on any atom is 0.224 e. The number of carbonyl (C=O) groups is 1. The Morgan fingerprint density at radius 2 is 1.83 bits per heavy atom. The van der Waals surface area contributed by atoms with Crippen molar-refractivity contribution in [3.8, 4) is 5.75 Å². The minimum Gasteiger partial charge on any atom is -0.495 e. The Kier molecular flexibility index (Phi) is 10.3. The third-order valence-corrected chi connectivity index (χ3v) is 5.41. The largest absolute Gasteiger partial charge is 0.495 e. The summed E-state index contributed by atoms with van der Waals surface area (Å²) < 4.78 is 5.47. The molecule has 2 aromatic carbocycles. The van der Waals surface area contributed by atoms with Gasteiger partial charge in [-0.2, -0.15) is 0 Å². The molecule has 5 nitrogen and oxygen atoms in total. The van der Waals surface area contributed by atoms with Crippen LogP contribution in [0.2, 0.25) is 0 Å². The summed E-state index contributed by atoms with van der Waals surface area (Å²) >= 11 is 0. The first-order valence-corrected chi connectivity index (χ1v) is 9.56. The molecule has 1 heterocycles. The van der Waals surface area contributed by atoms with Gasteiger partial charge in [0.25, 0.3) is 0 Å². The van der Waals surface area contributed by atoms with Gasteiger partial charge in [-0.25, -0.2) is 0 Å². The summed E-state index contributed by atoms with van der Waals surface area (Å²) in [7, 11) is 1.70. The van der Waals surface area contributed by atoms with E-state index in [-0.39, 0.29) is 42.7 Å². The van der Waals surface area contributed by atoms with Gasteiger partial charge in [0.15, 0.2) is 0 Å². The van der Waals surface area contributed by atoms with E-state index in [9.17, 15) is 4.79 Å². The van der Waals surface area contributed by atoms with E-state index in [1.807, 2.05) is 55.5 Å². The number of nitrogens with one attached hydrogen (secondary N) is 1. The second kappa shape index (κ2) is 11.9. The lowest BCUT2D eigenvalue weighted by molar-refractivity contribution is -0.125. The number of halogens is 2. The SMILES string of the molecule is COc1ccccc1N1CCC(CNC(=O)C(C)C(N)c2ccccc2)C1.Cl.Cl. The van der Waals surface area contributed by atoms with Crippen molar-refractivity contribution in [3.63, 3.8) is 0 Å². The Balaban J connectivity index is 0.00000210. The van der Waals surface area contributed by atoms with Crippen molar-refractivity contribution >= 4 is 36.4 Å². The van der Waals surface area contributed by atoms with Crippen LogP contribution in [0.3, 0.4) is 0 Å². The van der Waals surface area contributed by atoms with Crippen molar-refractivity contribution in [2.45, 2.75) is 19.4 Å². The highest BCUT2D eigenvalue weighted by Crippen LogP contribution is 2.31. The first-order valence-electron chi connectivity index (χ1n) is 9.56. The van der Waals surface area contributed by atoms with E-state index < -0.39 is 0 Å². The summed E-state index contributed by atoms with van der Waals surface area (Å²) in [6.07, 6.45) is 1.05. The molecule has 0 bridgehead atoms. The summed E-state index contributed by atoms with van der Waals surface area (Å²) in [5, 5.41) is 3.10. The predicted octanol–water partition coefficient (Wildman–Crippen LogP) is 3.82. The molecule has 1 fully saturated rings. The molecule has 160 valence electrons. The van der Waals surface area contributed by atoms with E-state index in [2.05, 4.69) is 16.3 Å². The average Bonchev–Trinajstić information content (AvgIpc) is 3.20. The highest BCUT2D eigenvalue weighted by atomic mass is 35.5. The molecule has 1 saturated heterocycles. The van der Waals surface area contributed by atoms with Crippen LogP contribution in [-0.2, 0) is 4.79 Å². The second-order valence-corrected chi connectivity index (χ2v) is 7.24. The summed E-state index contributed by atoms with van der Waals surface area (Å²) in [6.45, 7) is 4.46. The van der Waals surface area contributed by atoms with E-state index >= 15 is 0 Å². The van der Waals surface area contributed by atoms with Gasteiger partial charge in [-0.15, -0.1) is 24.8 Å². The van der Waals surface area contributed by atoms with Gasteiger partial charge < -0.3 is 20.7 Å². The predicted molar refractivity (Wildman–Crippen MR) is 123 cm³/mol. The fraction of sp³-hybridized carbons (Fsp3) is 0.409. The number of methoxy groups -OCH3 is 1. The van der Waals surface area contributed by atoms with Gasteiger partial charge in [-0.05, 0) is 30.0 Å². The molecule has 0 saturated carbocycles. The number of rotatable bonds is 7. The van der Waals surface area contributed by atoms with Crippen LogP contribution >= 0.6 is 24.8 Å². The average molecular weight is 440 g/mol. The van der Waals surface area contributed by atoms with Gasteiger partial charge >= 0.3 is 0 Å². The van der Waals surface area contributed by atoms with E-state index in [4.69, 9.17) is 10.5 Å². The van der Waals surface area contributed by atoms with Crippen LogP contribution in [0.5, 0.6) is 5.75 Å². The molecule has 29 heavy (non-hydrogen) atoms. The standard InChI is InChI=1S/C22H29N3O2.2ClH/c1-16(21(23)18-8-4-3-5-9-18)22(26)24-14-17-12-13-25(15-17)19-10-6-7-11-20(19)27-2;;/h3-11,16-17,21H,12-15,23H2,1-2H3,(H,24,26);2*1H. The Morgan fingerprint density at radius 3 is 2.52 bits per heavy atom. The molecular formula is C22H31Cl2N3O2. The van der Waals surface area contributed by atoms with Gasteiger partial charge in [0, 0.05) is 25.7 Å². The Hall–Kier alpha value is -1.95. The van der Waals surface area contributed by atoms with E-state index in [0.29, 0.717) is 12.5 Å². The van der Waals surface area contributed by atoms with E-state index in [1.165, 1.54) is 0 Å². The third kappa shape index (κ3) is 6.26. The van der Waals surface area contributed by atoms with Gasteiger partial charge in [0.05, 0.1) is 18.7 Å². The molecular weight excluding hydrogens is 409 g/mol. The molecule has 0 aromatic heterocycles. The molecule has 7 heteroatoms. The Morgan fingerprint density at radius 1 is 1.17 bits per heavy atom. The topological polar surface area (TPSA) is 67.6 Å². The zero-order valence-corrected chi connectivity index (χ0v) is 18.5. The van der Waals surface area contributed by atoms with Crippen LogP contribution in [-0.4, -0.2) is 32.7 Å². The number of carbonyl (C=O) groups excluding carboxylic acids is 1. The number of anilines is 1. The minimum absolute atomic E-state index is 0. The number of benzene rings is 2. The zero-order valence-electron chi connectivity index (χ0n) is 16.9. The molecule has 0 aliphatic carbocycles. The molecule has 0 spiro atoms. The van der Waals surface area contributed by atoms with Crippen LogP contribution in [0.4, 0.5) is 5.69 Å². The van der Waals surface area contributed by atoms with Crippen molar-refractivity contribution in [2.75, 3.05) is 31.6 Å². The zero-order chi connectivity index (χ0) is 19.2. The highest BCUT2D eigenvalue weighted by Gasteiger charge is 2.27. The number of para-hydroxylation sites is 2. The number of nitrogens with two attached hydrogens (primary N) is 1. The van der Waals surface area contributed by atoms with E-state index in [1.54, 1.807) is 7.11 Å². The second-order valence-electron chi connectivity index (χ2n) is 7.24. The smallest absolute Gasteiger partial charge is 0.224 e. The molecule has 0 radical (unpaired) electrons. The monoisotopic (exact) mass is 439 g/mol. The number of hydrogen-bond donors (Lipinski definition) is 2. The maximum absolute atomic E-state index is 12.5. The number of ether oxygens (including phenoxy) is 1. The molecule has 3 N–H and O–H groups in total. The van der Waals surface area contributed by atoms with Crippen molar-refractivity contribution in [2.24, 2.45) is 17.6 Å². The van der Waals surface area contributed by atoms with Gasteiger partial charge in [0.2, 0.25) is 5.91 Å². The third-order valence-electron chi connectivity index (χ3n) is 5.41. The van der Waals surface area contributed by atoms with Crippen LogP contribution in [0, 0.1) is 11.8 Å². The summed E-state index contributed by atoms with van der Waals surface area (Å²) in [4.78, 5) is 14.9. The minimum atomic E-state index is -0.292. The molecule has 1 amide bonds. The quantitative estimate of drug-likeness (QED) is 0.687. The van der Waals surface area contributed by atoms with Crippen LogP contribution in [0.15, 0.2) is 54.6 Å². The Bertz CT molecular complexity index is 761. The molecule has 1 aliphatic rings. The number of hydrogen-bond acceptors (Lipinski definition) is 4. The lowest BCUT2D eigenvalue weighted by Gasteiger charge is -2.22. The fourth-order valence-electron chi connectivity index (χ4n) is 3.64. The molecule has 3 rings (SSSR count). The lowest BCUT2D eigenvalue weighted by atomic mass is 9.94. The molecule has 2 aromatic rings. The van der Waals surface area contributed by atoms with Crippen LogP contribution in [0.1, 0.15) is 24.9 Å². The lowest BCUT2D eigenvalue weighted by Crippen LogP contribution is -2.38. The van der Waals surface area contributed by atoms with E-state index in [0.717, 1.165) is 36.5 Å². The van der Waals surface area contributed by atoms with Gasteiger partial charge in [-0.3, -0.25) is 4.79 Å².